The van der Waals surface area contributed by atoms with Crippen molar-refractivity contribution in [3.8, 4) is 0 Å². The molecule has 0 fully saturated rings. The van der Waals surface area contributed by atoms with Crippen LogP contribution in [0.2, 0.25) is 0 Å². The molecule has 0 amide bonds. The number of rotatable bonds is 7. The van der Waals surface area contributed by atoms with Gasteiger partial charge in [-0.25, -0.2) is 0 Å². The van der Waals surface area contributed by atoms with Crippen LogP contribution in [0.15, 0.2) is 42.5 Å². The molecule has 2 heteroatoms. The summed E-state index contributed by atoms with van der Waals surface area (Å²) >= 11 is 2.01. The Bertz CT molecular complexity index is 496. The van der Waals surface area contributed by atoms with Crippen molar-refractivity contribution in [3.63, 3.8) is 0 Å². The molecule has 0 radical (unpaired) electrons. The summed E-state index contributed by atoms with van der Waals surface area (Å²) in [5.74, 6) is 2.32. The largest absolute Gasteiger partial charge is 0.309 e. The lowest BCUT2D eigenvalue weighted by molar-refractivity contribution is 0.580. The van der Waals surface area contributed by atoms with Crippen LogP contribution in [0.4, 0.5) is 0 Å². The third-order valence-electron chi connectivity index (χ3n) is 3.33. The first-order chi connectivity index (χ1) is 9.36. The Hall–Kier alpha value is -0.990. The molecule has 1 N–H and O–H groups in total. The highest BCUT2D eigenvalue weighted by atomic mass is 32.2. The predicted molar refractivity (Wildman–Crippen MR) is 88.0 cm³/mol. The van der Waals surface area contributed by atoms with Crippen LogP contribution in [-0.4, -0.2) is 18.1 Å². The minimum atomic E-state index is 0.455. The van der Waals surface area contributed by atoms with Crippen LogP contribution in [0.3, 0.4) is 0 Å². The van der Waals surface area contributed by atoms with Gasteiger partial charge < -0.3 is 5.32 Å². The highest BCUT2D eigenvalue weighted by Gasteiger charge is 2.13. The lowest BCUT2D eigenvalue weighted by Gasteiger charge is -2.20. The number of hydrogen-bond acceptors (Lipinski definition) is 2. The van der Waals surface area contributed by atoms with Gasteiger partial charge in [0.25, 0.3) is 0 Å². The fraction of sp³-hybridized carbons (Fsp3) is 0.412. The highest BCUT2D eigenvalue weighted by Crippen LogP contribution is 2.26. The summed E-state index contributed by atoms with van der Waals surface area (Å²) in [7, 11) is 0. The molecule has 0 saturated carbocycles. The molecule has 2 aromatic carbocycles. The molecule has 0 heterocycles. The fourth-order valence-electron chi connectivity index (χ4n) is 2.37. The average molecular weight is 273 g/mol. The van der Waals surface area contributed by atoms with Crippen molar-refractivity contribution in [2.24, 2.45) is 0 Å². The third-order valence-corrected chi connectivity index (χ3v) is 4.31. The van der Waals surface area contributed by atoms with Crippen molar-refractivity contribution in [3.05, 3.63) is 48.0 Å². The average Bonchev–Trinajstić information content (AvgIpc) is 2.47. The first-order valence-corrected chi connectivity index (χ1v) is 8.31. The lowest BCUT2D eigenvalue weighted by atomic mass is 9.99. The zero-order valence-corrected chi connectivity index (χ0v) is 12.7. The first kappa shape index (κ1) is 14.4. The molecule has 0 bridgehead atoms. The van der Waals surface area contributed by atoms with Crippen LogP contribution in [0.5, 0.6) is 0 Å². The van der Waals surface area contributed by atoms with Crippen LogP contribution >= 0.6 is 11.8 Å². The van der Waals surface area contributed by atoms with E-state index in [9.17, 15) is 0 Å². The maximum Gasteiger partial charge on any atom is 0.0418 e. The van der Waals surface area contributed by atoms with E-state index in [1.807, 2.05) is 11.8 Å². The van der Waals surface area contributed by atoms with Gasteiger partial charge in [0.2, 0.25) is 0 Å². The van der Waals surface area contributed by atoms with Crippen molar-refractivity contribution in [1.82, 2.24) is 5.32 Å². The van der Waals surface area contributed by atoms with E-state index in [0.29, 0.717) is 6.04 Å². The fourth-order valence-corrected chi connectivity index (χ4v) is 3.14. The molecule has 0 aromatic heterocycles. The van der Waals surface area contributed by atoms with Crippen molar-refractivity contribution in [2.75, 3.05) is 18.1 Å². The van der Waals surface area contributed by atoms with Gasteiger partial charge in [0, 0.05) is 11.8 Å². The van der Waals surface area contributed by atoms with Crippen LogP contribution in [0.25, 0.3) is 10.8 Å². The zero-order valence-electron chi connectivity index (χ0n) is 11.9. The van der Waals surface area contributed by atoms with E-state index in [1.165, 1.54) is 28.5 Å². The van der Waals surface area contributed by atoms with Gasteiger partial charge in [0.15, 0.2) is 0 Å². The van der Waals surface area contributed by atoms with Crippen molar-refractivity contribution >= 4 is 22.5 Å². The molecular weight excluding hydrogens is 250 g/mol. The van der Waals surface area contributed by atoms with Crippen molar-refractivity contribution in [1.29, 1.82) is 0 Å². The van der Waals surface area contributed by atoms with Crippen LogP contribution in [0.1, 0.15) is 31.9 Å². The summed E-state index contributed by atoms with van der Waals surface area (Å²) < 4.78 is 0. The Morgan fingerprint density at radius 1 is 1.05 bits per heavy atom. The van der Waals surface area contributed by atoms with E-state index >= 15 is 0 Å². The van der Waals surface area contributed by atoms with Gasteiger partial charge in [0.1, 0.15) is 0 Å². The van der Waals surface area contributed by atoms with E-state index in [-0.39, 0.29) is 0 Å². The van der Waals surface area contributed by atoms with Gasteiger partial charge in [-0.05, 0) is 35.1 Å². The van der Waals surface area contributed by atoms with Crippen LogP contribution in [-0.2, 0) is 0 Å². The van der Waals surface area contributed by atoms with Crippen molar-refractivity contribution < 1.29 is 0 Å². The molecule has 0 aliphatic rings. The van der Waals surface area contributed by atoms with E-state index in [2.05, 4.69) is 61.6 Å². The van der Waals surface area contributed by atoms with Gasteiger partial charge in [-0.15, -0.1) is 0 Å². The second kappa shape index (κ2) is 7.56. The number of hydrogen-bond donors (Lipinski definition) is 1. The number of thioether (sulfide) groups is 1. The maximum absolute atomic E-state index is 3.69. The Balaban J connectivity index is 2.31. The molecule has 0 spiro atoms. The number of benzene rings is 2. The standard InChI is InChI=1S/C17H23NS/c1-3-12-18-17(13-19-4-2)16-11-7-9-14-8-5-6-10-15(14)16/h5-11,17-18H,3-4,12-13H2,1-2H3. The van der Waals surface area contributed by atoms with E-state index in [1.54, 1.807) is 0 Å². The lowest BCUT2D eigenvalue weighted by Crippen LogP contribution is -2.24. The van der Waals surface area contributed by atoms with Gasteiger partial charge in [-0.2, -0.15) is 11.8 Å². The van der Waals surface area contributed by atoms with Gasteiger partial charge in [0.05, 0.1) is 0 Å². The quantitative estimate of drug-likeness (QED) is 0.789. The Kier molecular flexibility index (Phi) is 5.74. The zero-order chi connectivity index (χ0) is 13.5. The molecule has 2 rings (SSSR count). The smallest absolute Gasteiger partial charge is 0.0418 e. The summed E-state index contributed by atoms with van der Waals surface area (Å²) in [5, 5.41) is 6.41. The number of nitrogens with one attached hydrogen (secondary N) is 1. The summed E-state index contributed by atoms with van der Waals surface area (Å²) in [6.45, 7) is 5.53. The minimum Gasteiger partial charge on any atom is -0.309 e. The molecule has 1 nitrogen and oxygen atoms in total. The Morgan fingerprint density at radius 2 is 1.84 bits per heavy atom. The topological polar surface area (TPSA) is 12.0 Å². The summed E-state index contributed by atoms with van der Waals surface area (Å²) in [6.07, 6.45) is 1.18. The molecule has 0 aliphatic carbocycles. The summed E-state index contributed by atoms with van der Waals surface area (Å²) in [6, 6.07) is 15.8. The van der Waals surface area contributed by atoms with E-state index in [4.69, 9.17) is 0 Å². The third kappa shape index (κ3) is 3.74. The molecule has 19 heavy (non-hydrogen) atoms. The molecule has 102 valence electrons. The van der Waals surface area contributed by atoms with Crippen LogP contribution < -0.4 is 5.32 Å². The summed E-state index contributed by atoms with van der Waals surface area (Å²) in [5.41, 5.74) is 1.44. The molecule has 0 aliphatic heterocycles. The molecular formula is C17H23NS. The van der Waals surface area contributed by atoms with Crippen LogP contribution in [0, 0.1) is 0 Å². The minimum absolute atomic E-state index is 0.455. The van der Waals surface area contributed by atoms with Gasteiger partial charge in [-0.3, -0.25) is 0 Å². The van der Waals surface area contributed by atoms with E-state index < -0.39 is 0 Å². The number of fused-ring (bicyclic) bond motifs is 1. The highest BCUT2D eigenvalue weighted by molar-refractivity contribution is 7.99. The monoisotopic (exact) mass is 273 g/mol. The first-order valence-electron chi connectivity index (χ1n) is 7.15. The van der Waals surface area contributed by atoms with Gasteiger partial charge in [-0.1, -0.05) is 56.3 Å². The second-order valence-electron chi connectivity index (χ2n) is 4.73. The normalized spacial score (nSPS) is 12.7. The SMILES string of the molecule is CCCNC(CSCC)c1cccc2ccccc12. The predicted octanol–water partition coefficient (Wildman–Crippen LogP) is 4.63. The summed E-state index contributed by atoms with van der Waals surface area (Å²) in [4.78, 5) is 0. The van der Waals surface area contributed by atoms with E-state index in [0.717, 1.165) is 12.3 Å². The Morgan fingerprint density at radius 3 is 2.63 bits per heavy atom. The maximum atomic E-state index is 3.69. The molecule has 1 atom stereocenters. The molecule has 0 saturated heterocycles. The molecule has 1 unspecified atom stereocenters. The van der Waals surface area contributed by atoms with Crippen molar-refractivity contribution in [2.45, 2.75) is 26.3 Å². The second-order valence-corrected chi connectivity index (χ2v) is 6.05. The van der Waals surface area contributed by atoms with Gasteiger partial charge >= 0.3 is 0 Å². The molecule has 2 aromatic rings. The Labute approximate surface area is 120 Å².